The van der Waals surface area contributed by atoms with Crippen molar-refractivity contribution in [3.8, 4) is 5.75 Å². The molecule has 1 aromatic carbocycles. The molecule has 17 heavy (non-hydrogen) atoms. The molecule has 0 bridgehead atoms. The fourth-order valence-electron chi connectivity index (χ4n) is 1.59. The number of methoxy groups -OCH3 is 1. The third kappa shape index (κ3) is 2.71. The number of anilines is 2. The van der Waals surface area contributed by atoms with Crippen molar-refractivity contribution in [3.05, 3.63) is 40.1 Å². The third-order valence-corrected chi connectivity index (χ3v) is 3.69. The van der Waals surface area contributed by atoms with Gasteiger partial charge in [-0.25, -0.2) is 0 Å². The Bertz CT molecular complexity index is 508. The normalized spacial score (nSPS) is 10.2. The lowest BCUT2D eigenvalue weighted by Crippen LogP contribution is -2.02. The summed E-state index contributed by atoms with van der Waals surface area (Å²) >= 11 is 1.75. The van der Waals surface area contributed by atoms with Gasteiger partial charge in [0.15, 0.2) is 0 Å². The van der Waals surface area contributed by atoms with E-state index in [2.05, 4.69) is 23.7 Å². The number of nitrogen functional groups attached to an aromatic ring is 1. The van der Waals surface area contributed by atoms with E-state index in [1.807, 2.05) is 18.2 Å². The summed E-state index contributed by atoms with van der Waals surface area (Å²) in [5.74, 6) is 0.778. The Labute approximate surface area is 105 Å². The van der Waals surface area contributed by atoms with Gasteiger partial charge in [-0.15, -0.1) is 11.3 Å². The molecule has 2 aromatic rings. The van der Waals surface area contributed by atoms with Crippen LogP contribution in [-0.4, -0.2) is 7.11 Å². The van der Waals surface area contributed by atoms with Crippen LogP contribution in [-0.2, 0) is 6.54 Å². The summed E-state index contributed by atoms with van der Waals surface area (Å²) in [4.78, 5) is 1.33. The van der Waals surface area contributed by atoms with Gasteiger partial charge in [0.1, 0.15) is 5.75 Å². The molecule has 0 unspecified atom stereocenters. The largest absolute Gasteiger partial charge is 0.497 e. The van der Waals surface area contributed by atoms with Crippen LogP contribution in [0.1, 0.15) is 10.4 Å². The molecule has 1 heterocycles. The van der Waals surface area contributed by atoms with Crippen molar-refractivity contribution in [2.24, 2.45) is 0 Å². The zero-order chi connectivity index (χ0) is 12.3. The molecule has 90 valence electrons. The molecule has 3 N–H and O–H groups in total. The van der Waals surface area contributed by atoms with Crippen LogP contribution < -0.4 is 15.8 Å². The second-order valence-corrected chi connectivity index (χ2v) is 4.83. The zero-order valence-electron chi connectivity index (χ0n) is 9.99. The zero-order valence-corrected chi connectivity index (χ0v) is 10.8. The number of rotatable bonds is 4. The van der Waals surface area contributed by atoms with Gasteiger partial charge in [-0.3, -0.25) is 0 Å². The number of aryl methyl sites for hydroxylation is 1. The van der Waals surface area contributed by atoms with Crippen LogP contribution in [0.2, 0.25) is 0 Å². The van der Waals surface area contributed by atoms with Gasteiger partial charge >= 0.3 is 0 Å². The molecule has 0 fully saturated rings. The first-order valence-electron chi connectivity index (χ1n) is 5.41. The Morgan fingerprint density at radius 1 is 1.35 bits per heavy atom. The van der Waals surface area contributed by atoms with Crippen LogP contribution in [0.25, 0.3) is 0 Å². The smallest absolute Gasteiger partial charge is 0.121 e. The maximum atomic E-state index is 5.94. The number of nitrogens with two attached hydrogens (primary N) is 1. The van der Waals surface area contributed by atoms with Crippen molar-refractivity contribution in [3.63, 3.8) is 0 Å². The summed E-state index contributed by atoms with van der Waals surface area (Å²) in [6.45, 7) is 2.92. The lowest BCUT2D eigenvalue weighted by atomic mass is 10.2. The lowest BCUT2D eigenvalue weighted by molar-refractivity contribution is 0.415. The fraction of sp³-hybridized carbons (Fsp3) is 0.231. The molecule has 4 heteroatoms. The summed E-state index contributed by atoms with van der Waals surface area (Å²) in [6.07, 6.45) is 0. The maximum Gasteiger partial charge on any atom is 0.121 e. The van der Waals surface area contributed by atoms with E-state index >= 15 is 0 Å². The Morgan fingerprint density at radius 2 is 2.18 bits per heavy atom. The minimum absolute atomic E-state index is 0.707. The van der Waals surface area contributed by atoms with Crippen molar-refractivity contribution in [1.29, 1.82) is 0 Å². The molecule has 0 saturated carbocycles. The van der Waals surface area contributed by atoms with E-state index in [1.54, 1.807) is 18.4 Å². The van der Waals surface area contributed by atoms with Gasteiger partial charge in [0.2, 0.25) is 0 Å². The first-order chi connectivity index (χ1) is 8.20. The number of nitrogens with one attached hydrogen (secondary N) is 1. The number of benzene rings is 1. The minimum Gasteiger partial charge on any atom is -0.497 e. The van der Waals surface area contributed by atoms with Gasteiger partial charge in [-0.1, -0.05) is 0 Å². The van der Waals surface area contributed by atoms with Gasteiger partial charge in [0, 0.05) is 17.5 Å². The Morgan fingerprint density at radius 3 is 2.76 bits per heavy atom. The van der Waals surface area contributed by atoms with Crippen LogP contribution in [0.5, 0.6) is 5.75 Å². The number of thiophene rings is 1. The molecule has 0 aliphatic rings. The van der Waals surface area contributed by atoms with E-state index in [1.165, 1.54) is 10.4 Å². The average Bonchev–Trinajstić information content (AvgIpc) is 2.73. The number of hydrogen-bond donors (Lipinski definition) is 2. The quantitative estimate of drug-likeness (QED) is 0.816. The van der Waals surface area contributed by atoms with E-state index in [9.17, 15) is 0 Å². The summed E-state index contributed by atoms with van der Waals surface area (Å²) in [5.41, 5.74) is 8.90. The highest BCUT2D eigenvalue weighted by Gasteiger charge is 2.03. The second-order valence-electron chi connectivity index (χ2n) is 3.83. The van der Waals surface area contributed by atoms with Gasteiger partial charge in [0.25, 0.3) is 0 Å². The van der Waals surface area contributed by atoms with Gasteiger partial charge in [-0.05, 0) is 36.1 Å². The first-order valence-corrected chi connectivity index (χ1v) is 6.29. The molecule has 0 radical (unpaired) electrons. The summed E-state index contributed by atoms with van der Waals surface area (Å²) in [6, 6.07) is 7.79. The maximum absolute atomic E-state index is 5.94. The van der Waals surface area contributed by atoms with Crippen LogP contribution in [0.4, 0.5) is 11.4 Å². The third-order valence-electron chi connectivity index (χ3n) is 2.67. The molecule has 2 rings (SSSR count). The highest BCUT2D eigenvalue weighted by Crippen LogP contribution is 2.25. The molecular weight excluding hydrogens is 232 g/mol. The van der Waals surface area contributed by atoms with Crippen molar-refractivity contribution >= 4 is 22.7 Å². The first kappa shape index (κ1) is 11.8. The van der Waals surface area contributed by atoms with Gasteiger partial charge < -0.3 is 15.8 Å². The Hall–Kier alpha value is -1.68. The minimum atomic E-state index is 0.707. The standard InChI is InChI=1S/C13H16N2OS/c1-9-5-6-17-13(9)8-15-12-4-3-10(16-2)7-11(12)14/h3-7,15H,8,14H2,1-2H3. The van der Waals surface area contributed by atoms with E-state index in [0.29, 0.717) is 5.69 Å². The van der Waals surface area contributed by atoms with E-state index in [-0.39, 0.29) is 0 Å². The SMILES string of the molecule is COc1ccc(NCc2sccc2C)c(N)c1. The molecule has 0 spiro atoms. The van der Waals surface area contributed by atoms with Crippen LogP contribution in [0.15, 0.2) is 29.6 Å². The Kier molecular flexibility index (Phi) is 3.54. The molecule has 0 atom stereocenters. The predicted molar refractivity (Wildman–Crippen MR) is 73.8 cm³/mol. The molecule has 0 amide bonds. The van der Waals surface area contributed by atoms with Gasteiger partial charge in [0.05, 0.1) is 18.5 Å². The van der Waals surface area contributed by atoms with E-state index in [0.717, 1.165) is 18.0 Å². The van der Waals surface area contributed by atoms with Gasteiger partial charge in [-0.2, -0.15) is 0 Å². The fourth-order valence-corrected chi connectivity index (χ4v) is 2.44. The molecule has 3 nitrogen and oxygen atoms in total. The van der Waals surface area contributed by atoms with Crippen LogP contribution >= 0.6 is 11.3 Å². The molecular formula is C13H16N2OS. The predicted octanol–water partition coefficient (Wildman–Crippen LogP) is 3.26. The second kappa shape index (κ2) is 5.10. The van der Waals surface area contributed by atoms with Crippen LogP contribution in [0.3, 0.4) is 0 Å². The highest BCUT2D eigenvalue weighted by molar-refractivity contribution is 7.10. The lowest BCUT2D eigenvalue weighted by Gasteiger charge is -2.10. The van der Waals surface area contributed by atoms with E-state index < -0.39 is 0 Å². The van der Waals surface area contributed by atoms with Crippen molar-refractivity contribution < 1.29 is 4.74 Å². The molecule has 0 aliphatic heterocycles. The summed E-state index contributed by atoms with van der Waals surface area (Å²) in [7, 11) is 1.64. The van der Waals surface area contributed by atoms with Crippen molar-refractivity contribution in [1.82, 2.24) is 0 Å². The van der Waals surface area contributed by atoms with E-state index in [4.69, 9.17) is 10.5 Å². The molecule has 1 aromatic heterocycles. The van der Waals surface area contributed by atoms with Crippen LogP contribution in [0, 0.1) is 6.92 Å². The number of ether oxygens (including phenoxy) is 1. The van der Waals surface area contributed by atoms with Crippen molar-refractivity contribution in [2.75, 3.05) is 18.2 Å². The Balaban J connectivity index is 2.07. The highest BCUT2D eigenvalue weighted by atomic mass is 32.1. The summed E-state index contributed by atoms with van der Waals surface area (Å²) < 4.78 is 5.11. The summed E-state index contributed by atoms with van der Waals surface area (Å²) in [5, 5.41) is 5.44. The monoisotopic (exact) mass is 248 g/mol. The molecule has 0 aliphatic carbocycles. The van der Waals surface area contributed by atoms with Crippen molar-refractivity contribution in [2.45, 2.75) is 13.5 Å². The number of hydrogen-bond acceptors (Lipinski definition) is 4. The average molecular weight is 248 g/mol. The topological polar surface area (TPSA) is 47.3 Å². The molecule has 0 saturated heterocycles.